The summed E-state index contributed by atoms with van der Waals surface area (Å²) in [6, 6.07) is 0. The monoisotopic (exact) mass is 328 g/mol. The zero-order valence-electron chi connectivity index (χ0n) is 14.7. The van der Waals surface area contributed by atoms with E-state index in [4.69, 9.17) is 18.9 Å². The highest BCUT2D eigenvalue weighted by Gasteiger charge is 2.51. The molecule has 1 fully saturated rings. The van der Waals surface area contributed by atoms with Gasteiger partial charge < -0.3 is 24.1 Å². The van der Waals surface area contributed by atoms with Crippen LogP contribution in [-0.2, 0) is 23.7 Å². The molecule has 1 aliphatic heterocycles. The summed E-state index contributed by atoms with van der Waals surface area (Å²) in [5.74, 6) is -0.557. The lowest BCUT2D eigenvalue weighted by Crippen LogP contribution is -2.62. The highest BCUT2D eigenvalue weighted by Crippen LogP contribution is 2.35. The summed E-state index contributed by atoms with van der Waals surface area (Å²) >= 11 is 0. The number of carbonyl (C=O) groups excluding carboxylic acids is 1. The molecule has 0 aliphatic carbocycles. The van der Waals surface area contributed by atoms with E-state index in [2.05, 4.69) is 0 Å². The Kier molecular flexibility index (Phi) is 7.41. The quantitative estimate of drug-likeness (QED) is 0.471. The van der Waals surface area contributed by atoms with Gasteiger partial charge in [0.25, 0.3) is 0 Å². The van der Waals surface area contributed by atoms with Crippen LogP contribution in [0.2, 0.25) is 0 Å². The standard InChI is InChI=1S/C17H28O6/c1-7-8-9-10-11(18)22-13-12(19)15(17(2,3)4)23-16(21-6)14(13)20-5/h7-10,12-16,19H,1-6H3/b8-7+,10-9-. The first kappa shape index (κ1) is 19.8. The first-order valence-electron chi connectivity index (χ1n) is 7.65. The fraction of sp³-hybridized carbons (Fsp3) is 0.706. The van der Waals surface area contributed by atoms with Gasteiger partial charge in [-0.1, -0.05) is 39.0 Å². The highest BCUT2D eigenvalue weighted by molar-refractivity contribution is 5.82. The number of methoxy groups -OCH3 is 2. The van der Waals surface area contributed by atoms with Crippen molar-refractivity contribution in [1.82, 2.24) is 0 Å². The van der Waals surface area contributed by atoms with Gasteiger partial charge in [0.05, 0.1) is 6.10 Å². The van der Waals surface area contributed by atoms with Crippen LogP contribution >= 0.6 is 0 Å². The van der Waals surface area contributed by atoms with Crippen LogP contribution in [-0.4, -0.2) is 56.0 Å². The Morgan fingerprint density at radius 2 is 1.78 bits per heavy atom. The van der Waals surface area contributed by atoms with Gasteiger partial charge >= 0.3 is 5.97 Å². The maximum atomic E-state index is 12.0. The number of ether oxygens (including phenoxy) is 4. The predicted molar refractivity (Wildman–Crippen MR) is 85.8 cm³/mol. The fourth-order valence-electron chi connectivity index (χ4n) is 2.53. The molecule has 0 radical (unpaired) electrons. The van der Waals surface area contributed by atoms with Crippen LogP contribution in [0.5, 0.6) is 0 Å². The Labute approximate surface area is 138 Å². The number of carbonyl (C=O) groups is 1. The zero-order chi connectivity index (χ0) is 17.6. The first-order chi connectivity index (χ1) is 10.8. The van der Waals surface area contributed by atoms with Crippen molar-refractivity contribution in [2.45, 2.75) is 58.4 Å². The third-order valence-corrected chi connectivity index (χ3v) is 3.67. The zero-order valence-corrected chi connectivity index (χ0v) is 14.7. The van der Waals surface area contributed by atoms with E-state index in [1.165, 1.54) is 20.3 Å². The van der Waals surface area contributed by atoms with Crippen LogP contribution in [0.15, 0.2) is 24.3 Å². The average molecular weight is 328 g/mol. The van der Waals surface area contributed by atoms with Gasteiger partial charge in [0.15, 0.2) is 12.4 Å². The molecule has 0 bridgehead atoms. The largest absolute Gasteiger partial charge is 0.453 e. The molecule has 0 spiro atoms. The average Bonchev–Trinajstić information content (AvgIpc) is 2.47. The van der Waals surface area contributed by atoms with Crippen molar-refractivity contribution in [3.8, 4) is 0 Å². The normalized spacial score (nSPS) is 32.6. The second-order valence-electron chi connectivity index (χ2n) is 6.50. The molecular formula is C17H28O6. The lowest BCUT2D eigenvalue weighted by molar-refractivity contribution is -0.312. The van der Waals surface area contributed by atoms with E-state index in [9.17, 15) is 9.90 Å². The Balaban J connectivity index is 2.99. The molecule has 0 aromatic heterocycles. The molecule has 6 heteroatoms. The van der Waals surface area contributed by atoms with Gasteiger partial charge in [0.2, 0.25) is 0 Å². The highest BCUT2D eigenvalue weighted by atomic mass is 16.7. The maximum Gasteiger partial charge on any atom is 0.331 e. The molecule has 0 amide bonds. The molecule has 0 aromatic carbocycles. The van der Waals surface area contributed by atoms with E-state index in [0.29, 0.717) is 0 Å². The molecule has 1 N–H and O–H groups in total. The Hall–Kier alpha value is -1.21. The first-order valence-corrected chi connectivity index (χ1v) is 7.65. The second kappa shape index (κ2) is 8.59. The molecule has 0 saturated carbocycles. The van der Waals surface area contributed by atoms with Gasteiger partial charge in [-0.2, -0.15) is 0 Å². The molecule has 23 heavy (non-hydrogen) atoms. The van der Waals surface area contributed by atoms with Gasteiger partial charge in [-0.3, -0.25) is 0 Å². The van der Waals surface area contributed by atoms with Crippen LogP contribution in [0.3, 0.4) is 0 Å². The van der Waals surface area contributed by atoms with E-state index >= 15 is 0 Å². The van der Waals surface area contributed by atoms with E-state index in [-0.39, 0.29) is 5.41 Å². The summed E-state index contributed by atoms with van der Waals surface area (Å²) in [5, 5.41) is 10.6. The Bertz CT molecular complexity index is 437. The van der Waals surface area contributed by atoms with Crippen LogP contribution < -0.4 is 0 Å². The van der Waals surface area contributed by atoms with Crippen molar-refractivity contribution in [3.05, 3.63) is 24.3 Å². The van der Waals surface area contributed by atoms with Crippen molar-refractivity contribution in [3.63, 3.8) is 0 Å². The molecule has 0 aromatic rings. The predicted octanol–water partition coefficient (Wildman–Crippen LogP) is 1.82. The molecule has 132 valence electrons. The number of rotatable bonds is 5. The summed E-state index contributed by atoms with van der Waals surface area (Å²) in [5.41, 5.74) is -0.361. The van der Waals surface area contributed by atoms with Gasteiger partial charge in [-0.05, 0) is 12.3 Å². The topological polar surface area (TPSA) is 74.2 Å². The minimum absolute atomic E-state index is 0.361. The van der Waals surface area contributed by atoms with Crippen molar-refractivity contribution in [2.75, 3.05) is 14.2 Å². The van der Waals surface area contributed by atoms with Gasteiger partial charge in [0.1, 0.15) is 12.2 Å². The minimum Gasteiger partial charge on any atom is -0.453 e. The van der Waals surface area contributed by atoms with Crippen molar-refractivity contribution in [2.24, 2.45) is 5.41 Å². The molecule has 1 heterocycles. The summed E-state index contributed by atoms with van der Waals surface area (Å²) < 4.78 is 21.9. The van der Waals surface area contributed by atoms with Crippen LogP contribution in [0, 0.1) is 5.41 Å². The number of esters is 1. The van der Waals surface area contributed by atoms with Crippen molar-refractivity contribution in [1.29, 1.82) is 0 Å². The molecule has 1 rings (SSSR count). The summed E-state index contributed by atoms with van der Waals surface area (Å²) in [6.07, 6.45) is 2.46. The number of allylic oxidation sites excluding steroid dienone is 3. The Morgan fingerprint density at radius 3 is 2.26 bits per heavy atom. The number of aliphatic hydroxyl groups excluding tert-OH is 1. The third kappa shape index (κ3) is 5.14. The number of hydrogen-bond acceptors (Lipinski definition) is 6. The van der Waals surface area contributed by atoms with Crippen molar-refractivity contribution < 1.29 is 28.8 Å². The van der Waals surface area contributed by atoms with Crippen LogP contribution in [0.4, 0.5) is 0 Å². The number of aliphatic hydroxyl groups is 1. The van der Waals surface area contributed by atoms with Gasteiger partial charge in [-0.25, -0.2) is 4.79 Å². The molecule has 1 saturated heterocycles. The Morgan fingerprint density at radius 1 is 1.13 bits per heavy atom. The molecule has 1 aliphatic rings. The molecular weight excluding hydrogens is 300 g/mol. The smallest absolute Gasteiger partial charge is 0.331 e. The van der Waals surface area contributed by atoms with Crippen molar-refractivity contribution >= 4 is 5.97 Å². The molecule has 5 unspecified atom stereocenters. The minimum atomic E-state index is -1.02. The second-order valence-corrected chi connectivity index (χ2v) is 6.50. The van der Waals surface area contributed by atoms with E-state index in [1.807, 2.05) is 27.7 Å². The maximum absolute atomic E-state index is 12.0. The number of hydrogen-bond donors (Lipinski definition) is 1. The van der Waals surface area contributed by atoms with Crippen LogP contribution in [0.1, 0.15) is 27.7 Å². The lowest BCUT2D eigenvalue weighted by Gasteiger charge is -2.47. The van der Waals surface area contributed by atoms with Crippen LogP contribution in [0.25, 0.3) is 0 Å². The van der Waals surface area contributed by atoms with Gasteiger partial charge in [-0.15, -0.1) is 0 Å². The molecule has 5 atom stereocenters. The van der Waals surface area contributed by atoms with E-state index < -0.39 is 36.7 Å². The summed E-state index contributed by atoms with van der Waals surface area (Å²) in [6.45, 7) is 7.65. The fourth-order valence-corrected chi connectivity index (χ4v) is 2.53. The SMILES string of the molecule is C/C=C/C=C\C(=O)OC1C(O)C(C(C)(C)C)OC(OC)C1OC. The van der Waals surface area contributed by atoms with E-state index in [0.717, 1.165) is 0 Å². The summed E-state index contributed by atoms with van der Waals surface area (Å²) in [7, 11) is 2.94. The van der Waals surface area contributed by atoms with E-state index in [1.54, 1.807) is 18.2 Å². The summed E-state index contributed by atoms with van der Waals surface area (Å²) in [4.78, 5) is 12.0. The molecule has 6 nitrogen and oxygen atoms in total. The third-order valence-electron chi connectivity index (χ3n) is 3.67. The lowest BCUT2D eigenvalue weighted by atomic mass is 9.81. The van der Waals surface area contributed by atoms with Gasteiger partial charge in [0, 0.05) is 20.3 Å².